The lowest BCUT2D eigenvalue weighted by Crippen LogP contribution is -2.38. The number of nitrogens with one attached hydrogen (secondary N) is 1. The number of aliphatic carboxylic acids is 2. The van der Waals surface area contributed by atoms with E-state index in [1.165, 1.54) is 0 Å². The molecule has 5 N–H and O–H groups in total. The zero-order valence-corrected chi connectivity index (χ0v) is 12.4. The van der Waals surface area contributed by atoms with Gasteiger partial charge in [0.1, 0.15) is 12.6 Å². The van der Waals surface area contributed by atoms with Crippen LogP contribution in [0.1, 0.15) is 18.4 Å². The molecule has 8 nitrogen and oxygen atoms in total. The maximum atomic E-state index is 10.6. The molecule has 1 atom stereocenters. The van der Waals surface area contributed by atoms with Gasteiger partial charge in [-0.2, -0.15) is 0 Å². The van der Waals surface area contributed by atoms with Gasteiger partial charge >= 0.3 is 11.9 Å². The lowest BCUT2D eigenvalue weighted by atomic mass is 10.1. The van der Waals surface area contributed by atoms with Crippen molar-refractivity contribution in [3.05, 3.63) is 41.6 Å². The van der Waals surface area contributed by atoms with E-state index in [9.17, 15) is 19.5 Å². The molecule has 0 bridgehead atoms. The topological polar surface area (TPSA) is 150 Å². The van der Waals surface area contributed by atoms with Gasteiger partial charge in [0.05, 0.1) is 0 Å². The Labute approximate surface area is 133 Å². The number of carbonyl (C=O) groups is 2. The van der Waals surface area contributed by atoms with Crippen molar-refractivity contribution in [2.45, 2.75) is 25.5 Å². The molecule has 0 aliphatic carbocycles. The Morgan fingerprint density at radius 3 is 2.17 bits per heavy atom. The molecule has 0 saturated carbocycles. The Hall–Kier alpha value is -2.67. The van der Waals surface area contributed by atoms with Crippen LogP contribution in [-0.4, -0.2) is 40.7 Å². The number of carbonyl (C=O) groups excluding carboxylic acids is 1. The molecule has 0 aliphatic heterocycles. The van der Waals surface area contributed by atoms with Gasteiger partial charge in [-0.1, -0.05) is 30.3 Å². The maximum Gasteiger partial charge on any atom is 0.363 e. The van der Waals surface area contributed by atoms with Crippen LogP contribution in [0.25, 0.3) is 0 Å². The van der Waals surface area contributed by atoms with Crippen molar-refractivity contribution in [2.75, 3.05) is 6.54 Å². The second-order valence-electron chi connectivity index (χ2n) is 4.38. The third kappa shape index (κ3) is 9.05. The number of rotatable bonds is 8. The van der Waals surface area contributed by atoms with E-state index in [0.29, 0.717) is 13.0 Å². The molecule has 0 aromatic heterocycles. The summed E-state index contributed by atoms with van der Waals surface area (Å²) in [5, 5.41) is 29.3. The molecule has 0 fully saturated rings. The molecule has 8 heteroatoms. The summed E-state index contributed by atoms with van der Waals surface area (Å²) in [5.74, 6) is -1.65. The van der Waals surface area contributed by atoms with Crippen molar-refractivity contribution < 1.29 is 29.7 Å². The van der Waals surface area contributed by atoms with Gasteiger partial charge < -0.3 is 21.3 Å². The summed E-state index contributed by atoms with van der Waals surface area (Å²) in [5.41, 5.74) is 5.24. The molecular weight excluding hydrogens is 304 g/mol. The highest BCUT2D eigenvalue weighted by molar-refractivity contribution is 5.95. The molecule has 23 heavy (non-hydrogen) atoms. The average Bonchev–Trinajstić information content (AvgIpc) is 2.55. The second kappa shape index (κ2) is 11.9. The van der Waals surface area contributed by atoms with Crippen LogP contribution in [-0.2, 0) is 26.1 Å². The molecule has 1 unspecified atom stereocenters. The third-order valence-electron chi connectivity index (χ3n) is 2.64. The van der Waals surface area contributed by atoms with E-state index in [1.54, 1.807) is 0 Å². The normalized spacial score (nSPS) is 10.5. The number of hydrogen-bond donors (Lipinski definition) is 4. The fourth-order valence-electron chi connectivity index (χ4n) is 1.46. The van der Waals surface area contributed by atoms with Gasteiger partial charge in [0.15, 0.2) is 5.94 Å². The van der Waals surface area contributed by atoms with E-state index in [-0.39, 0.29) is 13.0 Å². The number of benzene rings is 1. The summed E-state index contributed by atoms with van der Waals surface area (Å²) >= 11 is 0. The van der Waals surface area contributed by atoms with E-state index >= 15 is 0 Å². The monoisotopic (exact) mass is 323 g/mol. The summed E-state index contributed by atoms with van der Waals surface area (Å²) in [6.07, 6.45) is 0.556. The number of hydrogen-bond acceptors (Lipinski definition) is 5. The lowest BCUT2D eigenvalue weighted by molar-refractivity contribution is -0.139. The highest BCUT2D eigenvalue weighted by Crippen LogP contribution is 1.99. The molecule has 0 aliphatic rings. The Kier molecular flexibility index (Phi) is 10.5. The highest BCUT2D eigenvalue weighted by Gasteiger charge is 2.20. The van der Waals surface area contributed by atoms with E-state index in [2.05, 4.69) is 5.32 Å². The lowest BCUT2D eigenvalue weighted by Gasteiger charge is -2.13. The zero-order valence-electron chi connectivity index (χ0n) is 12.4. The molecule has 1 rings (SSSR count). The van der Waals surface area contributed by atoms with Crippen molar-refractivity contribution in [1.82, 2.24) is 5.32 Å². The van der Waals surface area contributed by atoms with Crippen molar-refractivity contribution in [2.24, 2.45) is 5.73 Å². The first-order valence-electron chi connectivity index (χ1n) is 6.76. The fourth-order valence-corrected chi connectivity index (χ4v) is 1.46. The Bertz CT molecular complexity index is 540. The Balaban J connectivity index is 0.000000502. The predicted molar refractivity (Wildman–Crippen MR) is 80.5 cm³/mol. The molecule has 0 saturated heterocycles. The van der Waals surface area contributed by atoms with Gasteiger partial charge in [-0.25, -0.2) is 19.5 Å². The quantitative estimate of drug-likeness (QED) is 0.394. The summed E-state index contributed by atoms with van der Waals surface area (Å²) < 4.78 is 0. The Morgan fingerprint density at radius 2 is 1.83 bits per heavy atom. The average molecular weight is 323 g/mol. The SMILES string of the molecule is NCCCC(NC(=C=O)C(=O)O)C(=O)O.[O]Cc1ccccc1. The van der Waals surface area contributed by atoms with Gasteiger partial charge in [0.25, 0.3) is 0 Å². The van der Waals surface area contributed by atoms with Crippen LogP contribution >= 0.6 is 0 Å². The van der Waals surface area contributed by atoms with Crippen LogP contribution in [0.3, 0.4) is 0 Å². The molecule has 1 radical (unpaired) electrons. The van der Waals surface area contributed by atoms with Crippen LogP contribution < -0.4 is 11.1 Å². The fraction of sp³-hybridized carbons (Fsp3) is 0.333. The third-order valence-corrected chi connectivity index (χ3v) is 2.64. The van der Waals surface area contributed by atoms with Crippen molar-refractivity contribution in [1.29, 1.82) is 0 Å². The van der Waals surface area contributed by atoms with E-state index in [4.69, 9.17) is 15.9 Å². The van der Waals surface area contributed by atoms with Crippen molar-refractivity contribution >= 4 is 17.9 Å². The van der Waals surface area contributed by atoms with Gasteiger partial charge in [0, 0.05) is 0 Å². The predicted octanol–water partition coefficient (Wildman–Crippen LogP) is 0.185. The number of carboxylic acid groups (broad SMARTS) is 2. The molecular formula is C15H19N2O6. The van der Waals surface area contributed by atoms with Crippen LogP contribution in [0.2, 0.25) is 0 Å². The van der Waals surface area contributed by atoms with Gasteiger partial charge in [0.2, 0.25) is 5.70 Å². The van der Waals surface area contributed by atoms with Crippen LogP contribution in [0, 0.1) is 0 Å². The first-order valence-corrected chi connectivity index (χ1v) is 6.76. The highest BCUT2D eigenvalue weighted by atomic mass is 16.4. The van der Waals surface area contributed by atoms with Gasteiger partial charge in [-0.15, -0.1) is 0 Å². The summed E-state index contributed by atoms with van der Waals surface area (Å²) in [6, 6.07) is 8.15. The minimum atomic E-state index is -1.54. The minimum Gasteiger partial charge on any atom is -0.480 e. The summed E-state index contributed by atoms with van der Waals surface area (Å²) in [6.45, 7) is 0.180. The standard InChI is InChI=1S/C8H12N2O5.C7H7O/c9-3-1-2-5(7(12)13)10-6(4-11)8(14)15;8-6-7-4-2-1-3-5-7/h5,10H,1-3,9H2,(H,12,13)(H,14,15);1-5H,6H2. The number of nitrogens with two attached hydrogens (primary N) is 1. The van der Waals surface area contributed by atoms with Crippen molar-refractivity contribution in [3.63, 3.8) is 0 Å². The Morgan fingerprint density at radius 1 is 1.22 bits per heavy atom. The molecule has 1 aromatic rings. The van der Waals surface area contributed by atoms with Crippen LogP contribution in [0.5, 0.6) is 0 Å². The van der Waals surface area contributed by atoms with Crippen LogP contribution in [0.15, 0.2) is 36.0 Å². The van der Waals surface area contributed by atoms with E-state index < -0.39 is 23.7 Å². The largest absolute Gasteiger partial charge is 0.480 e. The molecule has 0 spiro atoms. The maximum absolute atomic E-state index is 10.6. The molecule has 1 aromatic carbocycles. The van der Waals surface area contributed by atoms with Gasteiger partial charge in [-0.3, -0.25) is 0 Å². The molecule has 0 heterocycles. The zero-order chi connectivity index (χ0) is 17.7. The van der Waals surface area contributed by atoms with Crippen LogP contribution in [0.4, 0.5) is 0 Å². The van der Waals surface area contributed by atoms with Gasteiger partial charge in [-0.05, 0) is 24.9 Å². The number of carboxylic acids is 2. The second-order valence-corrected chi connectivity index (χ2v) is 4.38. The summed E-state index contributed by atoms with van der Waals surface area (Å²) in [4.78, 5) is 31.2. The first-order chi connectivity index (χ1) is 11.0. The molecule has 125 valence electrons. The minimum absolute atomic E-state index is 0.110. The molecule has 0 amide bonds. The summed E-state index contributed by atoms with van der Waals surface area (Å²) in [7, 11) is 0. The van der Waals surface area contributed by atoms with E-state index in [1.807, 2.05) is 30.3 Å². The first kappa shape index (κ1) is 20.3. The van der Waals surface area contributed by atoms with E-state index in [0.717, 1.165) is 11.5 Å². The van der Waals surface area contributed by atoms with Crippen molar-refractivity contribution in [3.8, 4) is 0 Å². The smallest absolute Gasteiger partial charge is 0.363 e.